The summed E-state index contributed by atoms with van der Waals surface area (Å²) in [5, 5.41) is 22.9. The molecule has 0 saturated carbocycles. The molecule has 3 rings (SSSR count). The lowest BCUT2D eigenvalue weighted by molar-refractivity contribution is -0.134. The fourth-order valence-corrected chi connectivity index (χ4v) is 4.08. The Kier molecular flexibility index (Phi) is 8.76. The van der Waals surface area contributed by atoms with Gasteiger partial charge in [0.2, 0.25) is 9.84 Å². The highest BCUT2D eigenvalue weighted by Crippen LogP contribution is 2.26. The highest BCUT2D eigenvalue weighted by Gasteiger charge is 2.26. The van der Waals surface area contributed by atoms with E-state index >= 15 is 0 Å². The fourth-order valence-electron chi connectivity index (χ4n) is 2.74. The number of hydrogen-bond donors (Lipinski definition) is 3. The minimum atomic E-state index is -3.87. The largest absolute Gasteiger partial charge is 0.478 e. The van der Waals surface area contributed by atoms with Gasteiger partial charge < -0.3 is 15.5 Å². The first kappa shape index (κ1) is 26.4. The average Bonchev–Trinajstić information content (AvgIpc) is 3.20. The summed E-state index contributed by atoms with van der Waals surface area (Å²) in [7, 11) is -2.13. The first-order valence-corrected chi connectivity index (χ1v) is 11.3. The van der Waals surface area contributed by atoms with Crippen LogP contribution in [0.25, 0.3) is 5.69 Å². The van der Waals surface area contributed by atoms with E-state index in [2.05, 4.69) is 15.4 Å². The molecule has 2 aromatic heterocycles. The molecule has 2 heterocycles. The van der Waals surface area contributed by atoms with E-state index in [-0.39, 0.29) is 9.92 Å². The van der Waals surface area contributed by atoms with Crippen molar-refractivity contribution in [3.63, 3.8) is 0 Å². The summed E-state index contributed by atoms with van der Waals surface area (Å²) < 4.78 is 41.6. The topological polar surface area (TPSA) is 151 Å². The Labute approximate surface area is 195 Å². The molecule has 3 aromatic rings. The lowest BCUT2D eigenvalue weighted by Crippen LogP contribution is -2.12. The molecule has 34 heavy (non-hydrogen) atoms. The van der Waals surface area contributed by atoms with Crippen molar-refractivity contribution < 1.29 is 32.6 Å². The van der Waals surface area contributed by atoms with Gasteiger partial charge in [0.05, 0.1) is 16.3 Å². The predicted molar refractivity (Wildman–Crippen MR) is 120 cm³/mol. The van der Waals surface area contributed by atoms with Crippen LogP contribution in [0.4, 0.5) is 4.39 Å². The number of aromatic nitrogens is 3. The number of benzene rings is 1. The molecule has 180 valence electrons. The van der Waals surface area contributed by atoms with E-state index in [0.29, 0.717) is 41.3 Å². The zero-order valence-corrected chi connectivity index (χ0v) is 19.4. The smallest absolute Gasteiger partial charge is 0.328 e. The highest BCUT2D eigenvalue weighted by molar-refractivity contribution is 7.91. The van der Waals surface area contributed by atoms with Crippen LogP contribution in [-0.2, 0) is 26.0 Å². The second-order valence-electron chi connectivity index (χ2n) is 6.95. The molecule has 0 amide bonds. The summed E-state index contributed by atoms with van der Waals surface area (Å²) in [6, 6.07) is 9.13. The van der Waals surface area contributed by atoms with Crippen LogP contribution in [0.5, 0.6) is 0 Å². The first-order valence-electron chi connectivity index (χ1n) is 9.78. The van der Waals surface area contributed by atoms with Crippen LogP contribution in [0.2, 0.25) is 0 Å². The Morgan fingerprint density at radius 2 is 1.76 bits per heavy atom. The maximum absolute atomic E-state index is 14.0. The van der Waals surface area contributed by atoms with Crippen molar-refractivity contribution in [1.82, 2.24) is 20.1 Å². The molecule has 1 aromatic carbocycles. The van der Waals surface area contributed by atoms with Crippen LogP contribution >= 0.6 is 0 Å². The lowest BCUT2D eigenvalue weighted by atomic mass is 10.2. The molecular weight excluding hydrogens is 467 g/mol. The van der Waals surface area contributed by atoms with Crippen molar-refractivity contribution in [3.8, 4) is 5.69 Å². The van der Waals surface area contributed by atoms with Crippen molar-refractivity contribution in [2.24, 2.45) is 0 Å². The highest BCUT2D eigenvalue weighted by atomic mass is 32.2. The summed E-state index contributed by atoms with van der Waals surface area (Å²) in [4.78, 5) is 23.2. The van der Waals surface area contributed by atoms with E-state index in [4.69, 9.17) is 10.2 Å². The summed E-state index contributed by atoms with van der Waals surface area (Å²) in [6.07, 6.45) is 2.43. The number of sulfone groups is 1. The molecule has 12 heteroatoms. The zero-order chi connectivity index (χ0) is 25.5. The van der Waals surface area contributed by atoms with Gasteiger partial charge >= 0.3 is 11.9 Å². The standard InChI is InChI=1S/C18H19FN4O2S.C4H4O4/c1-12-7-8-15(11-21-12)26(24,25)18-9-14(10-20-3)22-23(18)17-6-4-5-16(19)13(17)2;5-3(6)1-2-4(7)8/h4-9,11,20H,10H2,1-3H3;1-2H,(H,5,6)(H,7,8). The number of aliphatic carboxylic acids is 2. The van der Waals surface area contributed by atoms with Crippen LogP contribution < -0.4 is 5.32 Å². The molecule has 0 radical (unpaired) electrons. The molecular formula is C22H23FN4O6S. The van der Waals surface area contributed by atoms with Crippen molar-refractivity contribution in [2.45, 2.75) is 30.3 Å². The number of halogens is 1. The maximum Gasteiger partial charge on any atom is 0.328 e. The Bertz CT molecular complexity index is 1300. The van der Waals surface area contributed by atoms with Gasteiger partial charge in [-0.15, -0.1) is 0 Å². The van der Waals surface area contributed by atoms with E-state index in [1.165, 1.54) is 35.1 Å². The maximum atomic E-state index is 14.0. The van der Waals surface area contributed by atoms with Gasteiger partial charge in [-0.25, -0.2) is 27.1 Å². The fraction of sp³-hybridized carbons (Fsp3) is 0.182. The van der Waals surface area contributed by atoms with Crippen molar-refractivity contribution in [2.75, 3.05) is 7.05 Å². The van der Waals surface area contributed by atoms with Crippen molar-refractivity contribution in [1.29, 1.82) is 0 Å². The number of rotatable bonds is 7. The van der Waals surface area contributed by atoms with Gasteiger partial charge in [0.15, 0.2) is 5.03 Å². The summed E-state index contributed by atoms with van der Waals surface area (Å²) in [5.74, 6) is -2.94. The average molecular weight is 491 g/mol. The SMILES string of the molecule is CNCc1cc(S(=O)(=O)c2ccc(C)nc2)n(-c2cccc(F)c2C)n1.O=C(O)C=CC(=O)O. The van der Waals surface area contributed by atoms with Gasteiger partial charge in [0.1, 0.15) is 5.82 Å². The normalized spacial score (nSPS) is 11.2. The Morgan fingerprint density at radius 3 is 2.29 bits per heavy atom. The van der Waals surface area contributed by atoms with Crippen LogP contribution in [0.3, 0.4) is 0 Å². The van der Waals surface area contributed by atoms with Gasteiger partial charge in [-0.1, -0.05) is 6.07 Å². The number of carboxylic acid groups (broad SMARTS) is 2. The molecule has 0 fully saturated rings. The molecule has 0 atom stereocenters. The molecule has 0 aliphatic heterocycles. The second kappa shape index (κ2) is 11.3. The van der Waals surface area contributed by atoms with Crippen LogP contribution in [-0.4, -0.2) is 52.4 Å². The second-order valence-corrected chi connectivity index (χ2v) is 8.85. The van der Waals surface area contributed by atoms with Gasteiger partial charge in [-0.2, -0.15) is 5.10 Å². The predicted octanol–water partition coefficient (Wildman–Crippen LogP) is 2.29. The molecule has 0 saturated heterocycles. The molecule has 0 unspecified atom stereocenters. The quantitative estimate of drug-likeness (QED) is 0.424. The molecule has 0 aliphatic carbocycles. The van der Waals surface area contributed by atoms with Gasteiger partial charge in [0, 0.05) is 42.2 Å². The van der Waals surface area contributed by atoms with Crippen molar-refractivity contribution in [3.05, 3.63) is 77.5 Å². The van der Waals surface area contributed by atoms with E-state index in [0.717, 1.165) is 0 Å². The number of nitrogens with zero attached hydrogens (tertiary/aromatic N) is 3. The Balaban J connectivity index is 0.000000440. The zero-order valence-electron chi connectivity index (χ0n) is 18.6. The van der Waals surface area contributed by atoms with Gasteiger partial charge in [0.25, 0.3) is 0 Å². The number of pyridine rings is 1. The number of nitrogens with one attached hydrogen (secondary N) is 1. The molecule has 10 nitrogen and oxygen atoms in total. The van der Waals surface area contributed by atoms with Crippen LogP contribution in [0, 0.1) is 19.7 Å². The van der Waals surface area contributed by atoms with Gasteiger partial charge in [-0.3, -0.25) is 4.98 Å². The third-order valence-electron chi connectivity index (χ3n) is 4.39. The lowest BCUT2D eigenvalue weighted by Gasteiger charge is -2.11. The number of carbonyl (C=O) groups is 2. The van der Waals surface area contributed by atoms with E-state index in [1.54, 1.807) is 33.0 Å². The monoisotopic (exact) mass is 490 g/mol. The van der Waals surface area contributed by atoms with E-state index in [9.17, 15) is 22.4 Å². The van der Waals surface area contributed by atoms with Crippen LogP contribution in [0.1, 0.15) is 17.0 Å². The third kappa shape index (κ3) is 6.56. The molecule has 0 spiro atoms. The number of hydrogen-bond acceptors (Lipinski definition) is 7. The summed E-state index contributed by atoms with van der Waals surface area (Å²) in [6.45, 7) is 3.76. The Morgan fingerprint density at radius 1 is 1.12 bits per heavy atom. The van der Waals surface area contributed by atoms with Crippen molar-refractivity contribution >= 4 is 21.8 Å². The number of aryl methyl sites for hydroxylation is 1. The number of carboxylic acids is 2. The molecule has 3 N–H and O–H groups in total. The van der Waals surface area contributed by atoms with E-state index < -0.39 is 27.6 Å². The summed E-state index contributed by atoms with van der Waals surface area (Å²) >= 11 is 0. The minimum absolute atomic E-state index is 0.0258. The van der Waals surface area contributed by atoms with E-state index in [1.807, 2.05) is 0 Å². The van der Waals surface area contributed by atoms with Crippen LogP contribution in [0.15, 0.2) is 64.7 Å². The molecule has 0 bridgehead atoms. The Hall–Kier alpha value is -3.90. The third-order valence-corrected chi connectivity index (χ3v) is 6.09. The minimum Gasteiger partial charge on any atom is -0.478 e. The molecule has 0 aliphatic rings. The van der Waals surface area contributed by atoms with Gasteiger partial charge in [-0.05, 0) is 45.2 Å². The first-order chi connectivity index (χ1) is 16.0. The summed E-state index contributed by atoms with van der Waals surface area (Å²) in [5.41, 5.74) is 1.96.